The third kappa shape index (κ3) is 3.78. The first-order valence-corrected chi connectivity index (χ1v) is 10.7. The molecule has 1 aliphatic heterocycles. The Hall–Kier alpha value is -0.903. The SMILES string of the molecule is C#C[C@@]1(OCC=C)[C@@H](C=C)O[C@@H](OC)[C@@H]1O[Si](C)(C)C(C)(C)C. The first-order valence-electron chi connectivity index (χ1n) is 7.81. The van der Waals surface area contributed by atoms with Crippen LogP contribution in [0.3, 0.4) is 0 Å². The number of ether oxygens (including phenoxy) is 3. The summed E-state index contributed by atoms with van der Waals surface area (Å²) in [5.41, 5.74) is -1.08. The topological polar surface area (TPSA) is 36.9 Å². The van der Waals surface area contributed by atoms with Crippen LogP contribution in [0.2, 0.25) is 18.1 Å². The minimum Gasteiger partial charge on any atom is -0.405 e. The molecule has 0 amide bonds. The molecule has 5 heteroatoms. The maximum absolute atomic E-state index is 6.54. The second kappa shape index (κ2) is 7.33. The lowest BCUT2D eigenvalue weighted by atomic mass is 9.93. The van der Waals surface area contributed by atoms with Crippen molar-refractivity contribution in [2.24, 2.45) is 0 Å². The van der Waals surface area contributed by atoms with Crippen LogP contribution in [0.25, 0.3) is 0 Å². The third-order valence-corrected chi connectivity index (χ3v) is 9.17. The van der Waals surface area contributed by atoms with E-state index in [4.69, 9.17) is 25.1 Å². The van der Waals surface area contributed by atoms with Gasteiger partial charge in [-0.15, -0.1) is 19.6 Å². The summed E-state index contributed by atoms with van der Waals surface area (Å²) in [7, 11) is -0.534. The highest BCUT2D eigenvalue weighted by Gasteiger charge is 2.59. The van der Waals surface area contributed by atoms with Gasteiger partial charge in [0, 0.05) is 7.11 Å². The second-order valence-electron chi connectivity index (χ2n) is 7.23. The molecule has 0 bridgehead atoms. The van der Waals surface area contributed by atoms with Crippen molar-refractivity contribution in [2.45, 2.75) is 63.0 Å². The van der Waals surface area contributed by atoms with E-state index in [0.29, 0.717) is 6.61 Å². The molecular weight excluding hydrogens is 308 g/mol. The maximum Gasteiger partial charge on any atom is 0.192 e. The number of terminal acetylenes is 1. The smallest absolute Gasteiger partial charge is 0.192 e. The first-order chi connectivity index (χ1) is 10.6. The van der Waals surface area contributed by atoms with Gasteiger partial charge in [0.25, 0.3) is 0 Å². The van der Waals surface area contributed by atoms with Crippen molar-refractivity contribution in [3.05, 3.63) is 25.3 Å². The Bertz CT molecular complexity index is 474. The van der Waals surface area contributed by atoms with Gasteiger partial charge in [0.15, 0.2) is 20.2 Å². The molecule has 0 aromatic rings. The average Bonchev–Trinajstić information content (AvgIpc) is 2.77. The Labute approximate surface area is 142 Å². The molecule has 1 saturated heterocycles. The van der Waals surface area contributed by atoms with Crippen LogP contribution >= 0.6 is 0 Å². The minimum atomic E-state index is -2.11. The highest BCUT2D eigenvalue weighted by molar-refractivity contribution is 6.74. The normalized spacial score (nSPS) is 31.6. The molecule has 1 rings (SSSR count). The fourth-order valence-electron chi connectivity index (χ4n) is 2.30. The van der Waals surface area contributed by atoms with Crippen LogP contribution < -0.4 is 0 Å². The standard InChI is InChI=1S/C18H30O4Si/c1-10-13-20-18(12-3)14(11-2)21-16(19-7)15(18)22-23(8,9)17(4,5)6/h3,10-11,14-16H,1-2,13H2,4-9H3/t14-,15+,16-,18-/m1/s1. The lowest BCUT2D eigenvalue weighted by Gasteiger charge is -2.42. The zero-order valence-corrected chi connectivity index (χ0v) is 16.2. The molecule has 0 N–H and O–H groups in total. The monoisotopic (exact) mass is 338 g/mol. The fourth-order valence-corrected chi connectivity index (χ4v) is 3.57. The Kier molecular flexibility index (Phi) is 6.42. The van der Waals surface area contributed by atoms with Crippen molar-refractivity contribution in [1.29, 1.82) is 0 Å². The van der Waals surface area contributed by atoms with Crippen LogP contribution in [0, 0.1) is 12.3 Å². The van der Waals surface area contributed by atoms with E-state index < -0.39 is 32.4 Å². The van der Waals surface area contributed by atoms with Gasteiger partial charge >= 0.3 is 0 Å². The molecule has 23 heavy (non-hydrogen) atoms. The number of rotatable bonds is 7. The highest BCUT2D eigenvalue weighted by atomic mass is 28.4. The van der Waals surface area contributed by atoms with Crippen LogP contribution in [0.5, 0.6) is 0 Å². The molecule has 1 heterocycles. The van der Waals surface area contributed by atoms with Crippen molar-refractivity contribution in [2.75, 3.05) is 13.7 Å². The molecule has 130 valence electrons. The molecule has 0 unspecified atom stereocenters. The summed E-state index contributed by atoms with van der Waals surface area (Å²) < 4.78 is 23.9. The summed E-state index contributed by atoms with van der Waals surface area (Å²) in [6.07, 6.45) is 7.51. The van der Waals surface area contributed by atoms with E-state index in [1.54, 1.807) is 19.3 Å². The molecular formula is C18H30O4Si. The summed E-state index contributed by atoms with van der Waals surface area (Å²) in [5, 5.41) is 0.0241. The van der Waals surface area contributed by atoms with E-state index >= 15 is 0 Å². The van der Waals surface area contributed by atoms with E-state index in [9.17, 15) is 0 Å². The van der Waals surface area contributed by atoms with Gasteiger partial charge in [-0.3, -0.25) is 0 Å². The molecule has 0 aromatic heterocycles. The summed E-state index contributed by atoms with van der Waals surface area (Å²) in [4.78, 5) is 0. The van der Waals surface area contributed by atoms with Crippen LogP contribution in [-0.4, -0.2) is 46.1 Å². The molecule has 4 atom stereocenters. The molecule has 0 radical (unpaired) electrons. The Morgan fingerprint density at radius 2 is 1.96 bits per heavy atom. The molecule has 0 aliphatic carbocycles. The first kappa shape index (κ1) is 20.1. The van der Waals surface area contributed by atoms with Gasteiger partial charge in [0.1, 0.15) is 12.2 Å². The third-order valence-electron chi connectivity index (χ3n) is 4.71. The zero-order valence-electron chi connectivity index (χ0n) is 15.2. The quantitative estimate of drug-likeness (QED) is 0.404. The largest absolute Gasteiger partial charge is 0.405 e. The summed E-state index contributed by atoms with van der Waals surface area (Å²) in [6, 6.07) is 0. The summed E-state index contributed by atoms with van der Waals surface area (Å²) in [6.45, 7) is 18.6. The van der Waals surface area contributed by atoms with Gasteiger partial charge in [-0.05, 0) is 18.1 Å². The highest BCUT2D eigenvalue weighted by Crippen LogP contribution is 2.44. The lowest BCUT2D eigenvalue weighted by molar-refractivity contribution is -0.140. The van der Waals surface area contributed by atoms with Gasteiger partial charge in [-0.1, -0.05) is 38.8 Å². The van der Waals surface area contributed by atoms with Crippen LogP contribution in [0.1, 0.15) is 20.8 Å². The van der Waals surface area contributed by atoms with Crippen molar-refractivity contribution in [3.63, 3.8) is 0 Å². The molecule has 0 spiro atoms. The number of hydrogen-bond donors (Lipinski definition) is 0. The number of hydrogen-bond acceptors (Lipinski definition) is 4. The van der Waals surface area contributed by atoms with E-state index in [1.807, 2.05) is 0 Å². The van der Waals surface area contributed by atoms with E-state index in [1.165, 1.54) is 0 Å². The molecule has 0 saturated carbocycles. The summed E-state index contributed by atoms with van der Waals surface area (Å²) >= 11 is 0. The van der Waals surface area contributed by atoms with E-state index in [0.717, 1.165) is 0 Å². The maximum atomic E-state index is 6.54. The van der Waals surface area contributed by atoms with Gasteiger partial charge in [-0.2, -0.15) is 0 Å². The van der Waals surface area contributed by atoms with Gasteiger partial charge in [-0.25, -0.2) is 0 Å². The van der Waals surface area contributed by atoms with E-state index in [2.05, 4.69) is 52.9 Å². The molecule has 0 aromatic carbocycles. The second-order valence-corrected chi connectivity index (χ2v) is 12.0. The van der Waals surface area contributed by atoms with Crippen molar-refractivity contribution in [1.82, 2.24) is 0 Å². The van der Waals surface area contributed by atoms with Crippen LogP contribution in [-0.2, 0) is 18.6 Å². The minimum absolute atomic E-state index is 0.0241. The average molecular weight is 339 g/mol. The fraction of sp³-hybridized carbons (Fsp3) is 0.667. The van der Waals surface area contributed by atoms with Gasteiger partial charge in [0.2, 0.25) is 0 Å². The predicted octanol–water partition coefficient (Wildman–Crippen LogP) is 3.51. The Morgan fingerprint density at radius 1 is 1.35 bits per heavy atom. The van der Waals surface area contributed by atoms with Crippen molar-refractivity contribution in [3.8, 4) is 12.3 Å². The number of methoxy groups -OCH3 is 1. The molecule has 4 nitrogen and oxygen atoms in total. The molecule has 1 aliphatic rings. The summed E-state index contributed by atoms with van der Waals surface area (Å²) in [5.74, 6) is 2.75. The van der Waals surface area contributed by atoms with Crippen LogP contribution in [0.4, 0.5) is 0 Å². The van der Waals surface area contributed by atoms with E-state index in [-0.39, 0.29) is 5.04 Å². The van der Waals surface area contributed by atoms with Gasteiger partial charge in [0.05, 0.1) is 6.61 Å². The Balaban J connectivity index is 3.27. The zero-order chi connectivity index (χ0) is 17.9. The van der Waals surface area contributed by atoms with Crippen molar-refractivity contribution >= 4 is 8.32 Å². The Morgan fingerprint density at radius 3 is 2.35 bits per heavy atom. The lowest BCUT2D eigenvalue weighted by Crippen LogP contribution is -2.56. The van der Waals surface area contributed by atoms with Gasteiger partial charge < -0.3 is 18.6 Å². The van der Waals surface area contributed by atoms with Crippen molar-refractivity contribution < 1.29 is 18.6 Å². The molecule has 1 fully saturated rings. The predicted molar refractivity (Wildman–Crippen MR) is 95.7 cm³/mol. The van der Waals surface area contributed by atoms with Crippen LogP contribution in [0.15, 0.2) is 25.3 Å².